The number of ether oxygens (including phenoxy) is 1. The fourth-order valence-corrected chi connectivity index (χ4v) is 4.67. The Bertz CT molecular complexity index is 1100. The summed E-state index contributed by atoms with van der Waals surface area (Å²) in [7, 11) is 0. The molecule has 0 saturated heterocycles. The number of hydrogen-bond donors (Lipinski definition) is 2. The van der Waals surface area contributed by atoms with Crippen molar-refractivity contribution in [1.82, 2.24) is 4.98 Å². The van der Waals surface area contributed by atoms with Gasteiger partial charge in [-0.3, -0.25) is 4.99 Å². The van der Waals surface area contributed by atoms with Crippen LogP contribution in [0.2, 0.25) is 5.02 Å². The van der Waals surface area contributed by atoms with Crippen LogP contribution >= 0.6 is 11.6 Å². The highest BCUT2D eigenvalue weighted by molar-refractivity contribution is 6.30. The SMILES string of the molecule is CCCC1(CC(O)c2cccc(Cl)c2)N=CC=C1c1c[nH]c2c(OCC)cccc12. The smallest absolute Gasteiger partial charge is 0.143 e. The topological polar surface area (TPSA) is 57.6 Å². The zero-order valence-corrected chi connectivity index (χ0v) is 18.1. The van der Waals surface area contributed by atoms with E-state index in [2.05, 4.69) is 24.1 Å². The van der Waals surface area contributed by atoms with Gasteiger partial charge in [0.1, 0.15) is 5.75 Å². The average Bonchev–Trinajstić information content (AvgIpc) is 3.33. The highest BCUT2D eigenvalue weighted by Crippen LogP contribution is 2.46. The lowest BCUT2D eigenvalue weighted by molar-refractivity contribution is 0.145. The quantitative estimate of drug-likeness (QED) is 0.444. The minimum Gasteiger partial charge on any atom is -0.492 e. The van der Waals surface area contributed by atoms with Gasteiger partial charge in [-0.05, 0) is 48.8 Å². The van der Waals surface area contributed by atoms with Gasteiger partial charge in [-0.15, -0.1) is 0 Å². The molecule has 5 heteroatoms. The van der Waals surface area contributed by atoms with E-state index in [0.717, 1.165) is 46.2 Å². The number of benzene rings is 2. The molecule has 30 heavy (non-hydrogen) atoms. The number of nitrogens with one attached hydrogen (secondary N) is 1. The summed E-state index contributed by atoms with van der Waals surface area (Å²) in [5, 5.41) is 12.8. The van der Waals surface area contributed by atoms with Gasteiger partial charge in [0, 0.05) is 34.8 Å². The lowest BCUT2D eigenvalue weighted by Gasteiger charge is -2.32. The summed E-state index contributed by atoms with van der Waals surface area (Å²) in [4.78, 5) is 8.28. The first-order chi connectivity index (χ1) is 14.6. The number of H-pyrrole nitrogens is 1. The van der Waals surface area contributed by atoms with Crippen molar-refractivity contribution in [3.8, 4) is 5.75 Å². The Balaban J connectivity index is 1.73. The molecule has 0 bridgehead atoms. The van der Waals surface area contributed by atoms with Crippen LogP contribution in [0.4, 0.5) is 0 Å². The molecule has 0 fully saturated rings. The molecule has 1 aromatic heterocycles. The third-order valence-corrected chi connectivity index (χ3v) is 5.99. The van der Waals surface area contributed by atoms with Crippen molar-refractivity contribution in [3.05, 3.63) is 70.9 Å². The molecular formula is C25H27ClN2O2. The Hall–Kier alpha value is -2.56. The van der Waals surface area contributed by atoms with Gasteiger partial charge in [0.25, 0.3) is 0 Å². The molecule has 0 aliphatic carbocycles. The Morgan fingerprint density at radius 3 is 2.80 bits per heavy atom. The third-order valence-electron chi connectivity index (χ3n) is 5.76. The van der Waals surface area contributed by atoms with E-state index in [1.165, 1.54) is 0 Å². The van der Waals surface area contributed by atoms with Crippen molar-refractivity contribution in [1.29, 1.82) is 0 Å². The zero-order valence-electron chi connectivity index (χ0n) is 17.4. The largest absolute Gasteiger partial charge is 0.492 e. The Morgan fingerprint density at radius 1 is 1.20 bits per heavy atom. The van der Waals surface area contributed by atoms with Crippen molar-refractivity contribution in [2.45, 2.75) is 44.8 Å². The van der Waals surface area contributed by atoms with Gasteiger partial charge in [0.05, 0.1) is 23.8 Å². The Labute approximate surface area is 182 Å². The summed E-state index contributed by atoms with van der Waals surface area (Å²) in [5.41, 5.74) is 3.56. The number of aliphatic imine (C=N–C) groups is 1. The summed E-state index contributed by atoms with van der Waals surface area (Å²) >= 11 is 6.15. The number of allylic oxidation sites excluding steroid dienone is 1. The van der Waals surface area contributed by atoms with Crippen LogP contribution in [0, 0.1) is 0 Å². The minimum absolute atomic E-state index is 0.479. The van der Waals surface area contributed by atoms with E-state index in [1.54, 1.807) is 0 Å². The number of aliphatic hydroxyl groups excluding tert-OH is 1. The molecule has 2 aromatic carbocycles. The second kappa shape index (κ2) is 8.66. The molecule has 2 atom stereocenters. The molecule has 156 valence electrons. The lowest BCUT2D eigenvalue weighted by atomic mass is 9.78. The van der Waals surface area contributed by atoms with E-state index in [0.29, 0.717) is 18.1 Å². The summed E-state index contributed by atoms with van der Waals surface area (Å²) < 4.78 is 5.79. The molecule has 0 saturated carbocycles. The van der Waals surface area contributed by atoms with E-state index in [1.807, 2.05) is 55.7 Å². The van der Waals surface area contributed by atoms with Crippen LogP contribution in [0.5, 0.6) is 5.75 Å². The third kappa shape index (κ3) is 3.78. The predicted octanol–water partition coefficient (Wildman–Crippen LogP) is 6.35. The van der Waals surface area contributed by atoms with Gasteiger partial charge in [0.2, 0.25) is 0 Å². The van der Waals surface area contributed by atoms with Crippen LogP contribution in [-0.4, -0.2) is 28.5 Å². The first-order valence-electron chi connectivity index (χ1n) is 10.5. The van der Waals surface area contributed by atoms with E-state index in [-0.39, 0.29) is 0 Å². The van der Waals surface area contributed by atoms with Crippen LogP contribution in [0.15, 0.2) is 59.7 Å². The number of nitrogens with zero attached hydrogens (tertiary/aromatic N) is 1. The summed E-state index contributed by atoms with van der Waals surface area (Å²) in [5.74, 6) is 0.848. The average molecular weight is 423 g/mol. The summed E-state index contributed by atoms with van der Waals surface area (Å²) in [6.07, 6.45) is 7.65. The van der Waals surface area contributed by atoms with E-state index in [9.17, 15) is 5.11 Å². The molecule has 2 heterocycles. The number of aromatic amines is 1. The molecular weight excluding hydrogens is 396 g/mol. The first kappa shape index (κ1) is 20.7. The first-order valence-corrected chi connectivity index (χ1v) is 10.9. The number of halogens is 1. The van der Waals surface area contributed by atoms with Crippen molar-refractivity contribution < 1.29 is 9.84 Å². The van der Waals surface area contributed by atoms with Crippen molar-refractivity contribution in [2.24, 2.45) is 4.99 Å². The normalized spacial score (nSPS) is 19.3. The second-order valence-corrected chi connectivity index (χ2v) is 8.17. The number of aromatic nitrogens is 1. The molecule has 1 aliphatic rings. The highest BCUT2D eigenvalue weighted by atomic mass is 35.5. The molecule has 4 nitrogen and oxygen atoms in total. The minimum atomic E-state index is -0.655. The number of aliphatic hydroxyl groups is 1. The van der Waals surface area contributed by atoms with Gasteiger partial charge in [-0.2, -0.15) is 0 Å². The molecule has 2 N–H and O–H groups in total. The highest BCUT2D eigenvalue weighted by Gasteiger charge is 2.39. The molecule has 2 unspecified atom stereocenters. The number of para-hydroxylation sites is 1. The van der Waals surface area contributed by atoms with Crippen LogP contribution in [-0.2, 0) is 0 Å². The van der Waals surface area contributed by atoms with E-state index in [4.69, 9.17) is 21.3 Å². The fourth-order valence-electron chi connectivity index (χ4n) is 4.47. The van der Waals surface area contributed by atoms with Gasteiger partial charge in [-0.25, -0.2) is 0 Å². The summed E-state index contributed by atoms with van der Waals surface area (Å²) in [6, 6.07) is 13.5. The predicted molar refractivity (Wildman–Crippen MR) is 125 cm³/mol. The zero-order chi connectivity index (χ0) is 21.1. The van der Waals surface area contributed by atoms with Gasteiger partial charge >= 0.3 is 0 Å². The fraction of sp³-hybridized carbons (Fsp3) is 0.320. The van der Waals surface area contributed by atoms with Crippen LogP contribution in [0.3, 0.4) is 0 Å². The molecule has 0 radical (unpaired) electrons. The molecule has 0 amide bonds. The second-order valence-electron chi connectivity index (χ2n) is 7.73. The maximum Gasteiger partial charge on any atom is 0.143 e. The van der Waals surface area contributed by atoms with Gasteiger partial charge in [-0.1, -0.05) is 49.2 Å². The molecule has 0 spiro atoms. The maximum atomic E-state index is 11.1. The number of rotatable bonds is 8. The monoisotopic (exact) mass is 422 g/mol. The number of hydrogen-bond acceptors (Lipinski definition) is 3. The van der Waals surface area contributed by atoms with Crippen LogP contribution < -0.4 is 4.74 Å². The molecule has 4 rings (SSSR count). The Morgan fingerprint density at radius 2 is 2.03 bits per heavy atom. The summed E-state index contributed by atoms with van der Waals surface area (Å²) in [6.45, 7) is 4.76. The van der Waals surface area contributed by atoms with E-state index >= 15 is 0 Å². The van der Waals surface area contributed by atoms with Gasteiger partial charge in [0.15, 0.2) is 0 Å². The van der Waals surface area contributed by atoms with Crippen molar-refractivity contribution in [3.63, 3.8) is 0 Å². The Kier molecular flexibility index (Phi) is 5.98. The van der Waals surface area contributed by atoms with Crippen molar-refractivity contribution in [2.75, 3.05) is 6.61 Å². The lowest BCUT2D eigenvalue weighted by Crippen LogP contribution is -2.29. The van der Waals surface area contributed by atoms with Gasteiger partial charge < -0.3 is 14.8 Å². The molecule has 3 aromatic rings. The van der Waals surface area contributed by atoms with Crippen LogP contribution in [0.1, 0.15) is 50.3 Å². The van der Waals surface area contributed by atoms with Crippen molar-refractivity contribution >= 4 is 34.3 Å². The maximum absolute atomic E-state index is 11.1. The molecule has 1 aliphatic heterocycles. The number of fused-ring (bicyclic) bond motifs is 1. The van der Waals surface area contributed by atoms with E-state index < -0.39 is 11.6 Å². The van der Waals surface area contributed by atoms with Crippen LogP contribution in [0.25, 0.3) is 16.5 Å². The standard InChI is InChI=1S/C25H27ClN2O2/c1-3-12-25(15-22(29)17-7-5-8-18(26)14-17)21(11-13-28-25)20-16-27-24-19(20)9-6-10-23(24)30-4-2/h5-11,13-14,16,22,27,29H,3-4,12,15H2,1-2H3.